The Labute approximate surface area is 125 Å². The maximum absolute atomic E-state index is 13.1. The molecule has 1 heterocycles. The molecule has 3 rings (SSSR count). The molecule has 0 radical (unpaired) electrons. The Bertz CT molecular complexity index is 812. The number of nitrogens with one attached hydrogen (secondary N) is 1. The molecule has 1 N–H and O–H groups in total. The fourth-order valence-electron chi connectivity index (χ4n) is 1.96. The van der Waals surface area contributed by atoms with Crippen molar-refractivity contribution in [2.75, 3.05) is 5.32 Å². The van der Waals surface area contributed by atoms with Gasteiger partial charge in [-0.15, -0.1) is 0 Å². The molecule has 0 aliphatic heterocycles. The molecule has 1 aromatic heterocycles. The Morgan fingerprint density at radius 2 is 1.95 bits per heavy atom. The maximum atomic E-state index is 13.1. The van der Waals surface area contributed by atoms with Gasteiger partial charge >= 0.3 is 0 Å². The lowest BCUT2D eigenvalue weighted by Gasteiger charge is -2.05. The van der Waals surface area contributed by atoms with Crippen molar-refractivity contribution in [1.29, 1.82) is 0 Å². The second kappa shape index (κ2) is 5.77. The quantitative estimate of drug-likeness (QED) is 0.804. The summed E-state index contributed by atoms with van der Waals surface area (Å²) in [4.78, 5) is 16.2. The first-order valence-electron chi connectivity index (χ1n) is 6.59. The van der Waals surface area contributed by atoms with Crippen LogP contribution in [-0.4, -0.2) is 16.0 Å². The average molecular weight is 297 g/mol. The molecule has 0 aliphatic rings. The largest absolute Gasteiger partial charge is 0.339 e. The van der Waals surface area contributed by atoms with E-state index >= 15 is 0 Å². The lowest BCUT2D eigenvalue weighted by Crippen LogP contribution is -2.11. The molecule has 0 bridgehead atoms. The van der Waals surface area contributed by atoms with Crippen molar-refractivity contribution >= 4 is 11.6 Å². The predicted molar refractivity (Wildman–Crippen MR) is 78.8 cm³/mol. The minimum Gasteiger partial charge on any atom is -0.339 e. The molecule has 6 heteroatoms. The number of amides is 1. The third-order valence-electron chi connectivity index (χ3n) is 3.02. The van der Waals surface area contributed by atoms with Gasteiger partial charge in [-0.1, -0.05) is 23.4 Å². The Morgan fingerprint density at radius 1 is 1.18 bits per heavy atom. The normalized spacial score (nSPS) is 10.5. The van der Waals surface area contributed by atoms with Gasteiger partial charge in [-0.05, 0) is 30.3 Å². The van der Waals surface area contributed by atoms with Gasteiger partial charge in [0.25, 0.3) is 5.91 Å². The van der Waals surface area contributed by atoms with Crippen molar-refractivity contribution in [3.05, 3.63) is 65.8 Å². The first kappa shape index (κ1) is 13.9. The molecule has 0 spiro atoms. The minimum absolute atomic E-state index is 0.318. The number of aromatic nitrogens is 2. The minimum atomic E-state index is -0.402. The number of aryl methyl sites for hydroxylation is 1. The number of benzene rings is 2. The number of hydrogen-bond donors (Lipinski definition) is 1. The van der Waals surface area contributed by atoms with Gasteiger partial charge in [0.1, 0.15) is 5.82 Å². The van der Waals surface area contributed by atoms with Crippen LogP contribution in [0, 0.1) is 12.7 Å². The molecule has 2 aromatic carbocycles. The van der Waals surface area contributed by atoms with Crippen LogP contribution in [-0.2, 0) is 0 Å². The fourth-order valence-corrected chi connectivity index (χ4v) is 1.96. The van der Waals surface area contributed by atoms with Crippen LogP contribution < -0.4 is 5.32 Å². The molecule has 0 saturated heterocycles. The summed E-state index contributed by atoms with van der Waals surface area (Å²) < 4.78 is 18.0. The molecule has 110 valence electrons. The van der Waals surface area contributed by atoms with Crippen molar-refractivity contribution < 1.29 is 13.7 Å². The maximum Gasteiger partial charge on any atom is 0.255 e. The second-order valence-corrected chi connectivity index (χ2v) is 4.68. The highest BCUT2D eigenvalue weighted by atomic mass is 19.1. The summed E-state index contributed by atoms with van der Waals surface area (Å²) in [5.74, 6) is 0.222. The molecular weight excluding hydrogens is 285 g/mol. The van der Waals surface area contributed by atoms with Crippen LogP contribution in [0.5, 0.6) is 0 Å². The summed E-state index contributed by atoms with van der Waals surface area (Å²) in [6, 6.07) is 12.5. The highest BCUT2D eigenvalue weighted by Crippen LogP contribution is 2.17. The van der Waals surface area contributed by atoms with Crippen molar-refractivity contribution in [3.8, 4) is 11.4 Å². The number of carbonyl (C=O) groups excluding carboxylic acids is 1. The Balaban J connectivity index is 1.76. The van der Waals surface area contributed by atoms with E-state index in [0.717, 1.165) is 5.56 Å². The Hall–Kier alpha value is -3.02. The number of hydrogen-bond acceptors (Lipinski definition) is 4. The van der Waals surface area contributed by atoms with Crippen molar-refractivity contribution in [3.63, 3.8) is 0 Å². The number of rotatable bonds is 3. The van der Waals surface area contributed by atoms with Crippen LogP contribution in [0.4, 0.5) is 10.1 Å². The monoisotopic (exact) mass is 297 g/mol. The van der Waals surface area contributed by atoms with Gasteiger partial charge in [0.05, 0.1) is 0 Å². The molecule has 22 heavy (non-hydrogen) atoms. The molecule has 5 nitrogen and oxygen atoms in total. The van der Waals surface area contributed by atoms with E-state index in [0.29, 0.717) is 23.0 Å². The topological polar surface area (TPSA) is 68.0 Å². The molecule has 1 amide bonds. The zero-order valence-electron chi connectivity index (χ0n) is 11.7. The van der Waals surface area contributed by atoms with Crippen molar-refractivity contribution in [2.45, 2.75) is 6.92 Å². The SMILES string of the molecule is Cc1nc(-c2ccc(C(=O)Nc3cccc(F)c3)cc2)no1. The second-order valence-electron chi connectivity index (χ2n) is 4.68. The molecule has 0 aliphatic carbocycles. The number of halogens is 1. The smallest absolute Gasteiger partial charge is 0.255 e. The summed E-state index contributed by atoms with van der Waals surface area (Å²) in [5.41, 5.74) is 1.61. The van der Waals surface area contributed by atoms with Crippen LogP contribution >= 0.6 is 0 Å². The van der Waals surface area contributed by atoms with Crippen LogP contribution in [0.1, 0.15) is 16.2 Å². The first-order valence-corrected chi connectivity index (χ1v) is 6.59. The van der Waals surface area contributed by atoms with Crippen LogP contribution in [0.3, 0.4) is 0 Å². The third-order valence-corrected chi connectivity index (χ3v) is 3.02. The summed E-state index contributed by atoms with van der Waals surface area (Å²) in [7, 11) is 0. The van der Waals surface area contributed by atoms with Gasteiger partial charge in [0, 0.05) is 23.7 Å². The summed E-state index contributed by atoms with van der Waals surface area (Å²) in [6.07, 6.45) is 0. The third kappa shape index (κ3) is 3.01. The number of carbonyl (C=O) groups is 1. The van der Waals surface area contributed by atoms with E-state index < -0.39 is 5.82 Å². The highest BCUT2D eigenvalue weighted by molar-refractivity contribution is 6.04. The molecule has 3 aromatic rings. The Morgan fingerprint density at radius 3 is 2.59 bits per heavy atom. The van der Waals surface area contributed by atoms with Gasteiger partial charge in [0.2, 0.25) is 11.7 Å². The summed E-state index contributed by atoms with van der Waals surface area (Å²) in [5, 5.41) is 6.44. The van der Waals surface area contributed by atoms with E-state index in [2.05, 4.69) is 15.5 Å². The number of anilines is 1. The molecule has 0 fully saturated rings. The van der Waals surface area contributed by atoms with E-state index in [1.54, 1.807) is 37.3 Å². The van der Waals surface area contributed by atoms with Crippen LogP contribution in [0.25, 0.3) is 11.4 Å². The molecular formula is C16H12FN3O2. The zero-order valence-corrected chi connectivity index (χ0v) is 11.7. The van der Waals surface area contributed by atoms with Gasteiger partial charge in [-0.3, -0.25) is 4.79 Å². The van der Waals surface area contributed by atoms with Crippen LogP contribution in [0.15, 0.2) is 53.1 Å². The van der Waals surface area contributed by atoms with Crippen LogP contribution in [0.2, 0.25) is 0 Å². The van der Waals surface area contributed by atoms with E-state index in [1.165, 1.54) is 18.2 Å². The van der Waals surface area contributed by atoms with Gasteiger partial charge < -0.3 is 9.84 Å². The first-order chi connectivity index (χ1) is 10.6. The fraction of sp³-hybridized carbons (Fsp3) is 0.0625. The average Bonchev–Trinajstić information content (AvgIpc) is 2.94. The molecule has 0 atom stereocenters. The van der Waals surface area contributed by atoms with E-state index in [4.69, 9.17) is 4.52 Å². The lowest BCUT2D eigenvalue weighted by atomic mass is 10.1. The predicted octanol–water partition coefficient (Wildman–Crippen LogP) is 3.44. The van der Waals surface area contributed by atoms with Gasteiger partial charge in [0.15, 0.2) is 0 Å². The van der Waals surface area contributed by atoms with E-state index in [1.807, 2.05) is 0 Å². The molecule has 0 saturated carbocycles. The summed E-state index contributed by atoms with van der Waals surface area (Å²) >= 11 is 0. The lowest BCUT2D eigenvalue weighted by molar-refractivity contribution is 0.102. The summed E-state index contributed by atoms with van der Waals surface area (Å²) in [6.45, 7) is 1.71. The van der Waals surface area contributed by atoms with Crippen molar-refractivity contribution in [1.82, 2.24) is 10.1 Å². The van der Waals surface area contributed by atoms with Crippen molar-refractivity contribution in [2.24, 2.45) is 0 Å². The Kier molecular flexibility index (Phi) is 3.65. The molecule has 0 unspecified atom stereocenters. The highest BCUT2D eigenvalue weighted by Gasteiger charge is 2.09. The number of nitrogens with zero attached hydrogens (tertiary/aromatic N) is 2. The standard InChI is InChI=1S/C16H12FN3O2/c1-10-18-15(20-22-10)11-5-7-12(8-6-11)16(21)19-14-4-2-3-13(17)9-14/h2-9H,1H3,(H,19,21). The van der Waals surface area contributed by atoms with Gasteiger partial charge in [-0.25, -0.2) is 4.39 Å². The van der Waals surface area contributed by atoms with E-state index in [9.17, 15) is 9.18 Å². The van der Waals surface area contributed by atoms with E-state index in [-0.39, 0.29) is 5.91 Å². The zero-order chi connectivity index (χ0) is 15.5. The van der Waals surface area contributed by atoms with Gasteiger partial charge in [-0.2, -0.15) is 4.98 Å².